The monoisotopic (exact) mass is 606 g/mol. The van der Waals surface area contributed by atoms with Gasteiger partial charge in [0.25, 0.3) is 11.8 Å². The summed E-state index contributed by atoms with van der Waals surface area (Å²) in [5, 5.41) is 13.3. The van der Waals surface area contributed by atoms with E-state index >= 15 is 0 Å². The van der Waals surface area contributed by atoms with Gasteiger partial charge >= 0.3 is 18.1 Å². The van der Waals surface area contributed by atoms with E-state index < -0.39 is 35.6 Å². The molecule has 5 aromatic rings. The zero-order chi connectivity index (χ0) is 31.1. The minimum Gasteiger partial charge on any atom is -0.402 e. The molecule has 0 fully saturated rings. The zero-order valence-electron chi connectivity index (χ0n) is 22.5. The Bertz CT molecular complexity index is 1870. The van der Waals surface area contributed by atoms with Crippen LogP contribution in [0.25, 0.3) is 22.7 Å². The maximum atomic E-state index is 13.6. The minimum absolute atomic E-state index is 0.0580. The number of hydrogen-bond donors (Lipinski definition) is 2. The number of pyridine rings is 1. The van der Waals surface area contributed by atoms with E-state index in [-0.39, 0.29) is 28.7 Å². The molecule has 222 valence electrons. The highest BCUT2D eigenvalue weighted by Gasteiger charge is 2.34. The summed E-state index contributed by atoms with van der Waals surface area (Å²) in [5.74, 6) is -5.05. The third-order valence-corrected chi connectivity index (χ3v) is 6.45. The van der Waals surface area contributed by atoms with E-state index in [1.54, 1.807) is 12.1 Å². The number of alkyl halides is 5. The van der Waals surface area contributed by atoms with E-state index in [0.29, 0.717) is 30.1 Å². The van der Waals surface area contributed by atoms with E-state index in [0.717, 1.165) is 24.0 Å². The smallest absolute Gasteiger partial charge is 0.402 e. The molecule has 44 heavy (non-hydrogen) atoms. The molecule has 1 aliphatic heterocycles. The van der Waals surface area contributed by atoms with Crippen molar-refractivity contribution in [3.05, 3.63) is 102 Å². The molecular formula is C29H19F5N8O2. The fraction of sp³-hybridized carbons (Fsp3) is 0.138. The highest BCUT2D eigenvalue weighted by molar-refractivity contribution is 6.19. The van der Waals surface area contributed by atoms with Crippen LogP contribution in [0.15, 0.2) is 88.7 Å². The van der Waals surface area contributed by atoms with Crippen LogP contribution in [-0.4, -0.2) is 42.9 Å². The number of carbonyl (C=O) groups excluding carboxylic acids is 1. The lowest BCUT2D eigenvalue weighted by Crippen LogP contribution is -2.32. The van der Waals surface area contributed by atoms with Crippen LogP contribution in [0.3, 0.4) is 0 Å². The first-order chi connectivity index (χ1) is 21.0. The van der Waals surface area contributed by atoms with Crippen molar-refractivity contribution in [2.45, 2.75) is 25.2 Å². The molecule has 0 bridgehead atoms. The number of para-hydroxylation sites is 1. The van der Waals surface area contributed by atoms with Crippen molar-refractivity contribution < 1.29 is 31.2 Å². The van der Waals surface area contributed by atoms with Gasteiger partial charge in [-0.25, -0.2) is 19.9 Å². The molecule has 0 saturated carbocycles. The first-order valence-electron chi connectivity index (χ1n) is 12.9. The largest absolute Gasteiger partial charge is 0.417 e. The van der Waals surface area contributed by atoms with Crippen LogP contribution < -0.4 is 10.6 Å². The van der Waals surface area contributed by atoms with Crippen LogP contribution in [0, 0.1) is 0 Å². The Balaban J connectivity index is 1.36. The summed E-state index contributed by atoms with van der Waals surface area (Å²) in [6.45, 7) is 0.590. The second-order valence-electron chi connectivity index (χ2n) is 9.64. The lowest BCUT2D eigenvalue weighted by atomic mass is 10.0. The number of hydrogen-bond acceptors (Lipinski definition) is 9. The number of carbonyl (C=O) groups is 1. The predicted molar refractivity (Wildman–Crippen MR) is 148 cm³/mol. The quantitative estimate of drug-likeness (QED) is 0.227. The number of nitrogens with one attached hydrogen (secondary N) is 2. The molecule has 15 heteroatoms. The molecule has 1 unspecified atom stereocenters. The summed E-state index contributed by atoms with van der Waals surface area (Å²) < 4.78 is 73.6. The topological polar surface area (TPSA) is 131 Å². The summed E-state index contributed by atoms with van der Waals surface area (Å²) in [5.41, 5.74) is 0.872. The number of fused-ring (bicyclic) bond motifs is 1. The van der Waals surface area contributed by atoms with Crippen LogP contribution in [-0.2, 0) is 16.9 Å². The van der Waals surface area contributed by atoms with Gasteiger partial charge in [0.05, 0.1) is 17.0 Å². The summed E-state index contributed by atoms with van der Waals surface area (Å²) in [7, 11) is 0. The molecule has 10 nitrogen and oxygen atoms in total. The van der Waals surface area contributed by atoms with Crippen molar-refractivity contribution in [3.8, 4) is 22.7 Å². The molecule has 1 amide bonds. The Labute approximate surface area is 245 Å². The van der Waals surface area contributed by atoms with Crippen molar-refractivity contribution in [1.29, 1.82) is 0 Å². The van der Waals surface area contributed by atoms with E-state index in [2.05, 4.69) is 40.8 Å². The van der Waals surface area contributed by atoms with Crippen LogP contribution >= 0.6 is 0 Å². The molecule has 0 spiro atoms. The Morgan fingerprint density at radius 1 is 0.841 bits per heavy atom. The molecule has 6 rings (SSSR count). The van der Waals surface area contributed by atoms with Gasteiger partial charge in [-0.05, 0) is 12.1 Å². The van der Waals surface area contributed by atoms with Gasteiger partial charge in [0.15, 0.2) is 5.82 Å². The molecule has 3 aromatic heterocycles. The number of nitrogens with zero attached hydrogens (tertiary/aromatic N) is 6. The standard InChI is InChI=1S/C29H19F5N8O2/c1-28(30,31)26-36-12-16(13-37-26)19-11-17(29(32,33)34)14-35-22(19)25-41-42-27(44-25)40-23-24(43)38-20-10-6-5-9-18(20)21(39-23)15-7-3-2-4-8-15/h2-14,23H,1H3,(H,38,43)(H,40,42). The molecule has 2 aromatic carbocycles. The average Bonchev–Trinajstić information content (AvgIpc) is 3.42. The highest BCUT2D eigenvalue weighted by Crippen LogP contribution is 2.37. The SMILES string of the molecule is CC(F)(F)c1ncc(-c2cc(C(F)(F)F)cnc2-c2nnc(NC3N=C(c4ccccc4)c4ccccc4NC3=O)o2)cn1. The zero-order valence-corrected chi connectivity index (χ0v) is 22.5. The number of aliphatic imine (C=N–C) groups is 1. The number of benzodiazepines with no additional fused rings is 1. The maximum Gasteiger partial charge on any atom is 0.417 e. The molecule has 2 N–H and O–H groups in total. The summed E-state index contributed by atoms with van der Waals surface area (Å²) in [4.78, 5) is 28.8. The summed E-state index contributed by atoms with van der Waals surface area (Å²) >= 11 is 0. The fourth-order valence-electron chi connectivity index (χ4n) is 4.38. The predicted octanol–water partition coefficient (Wildman–Crippen LogP) is 5.95. The van der Waals surface area contributed by atoms with E-state index in [4.69, 9.17) is 4.42 Å². The number of aromatic nitrogens is 5. The van der Waals surface area contributed by atoms with Crippen LogP contribution in [0.5, 0.6) is 0 Å². The Morgan fingerprint density at radius 2 is 1.55 bits per heavy atom. The average molecular weight is 607 g/mol. The molecular weight excluding hydrogens is 587 g/mol. The van der Waals surface area contributed by atoms with Gasteiger partial charge in [0, 0.05) is 47.8 Å². The third kappa shape index (κ3) is 5.71. The molecule has 1 atom stereocenters. The van der Waals surface area contributed by atoms with E-state index in [9.17, 15) is 26.7 Å². The number of rotatable bonds is 6. The maximum absolute atomic E-state index is 13.6. The van der Waals surface area contributed by atoms with Crippen LogP contribution in [0.4, 0.5) is 33.7 Å². The van der Waals surface area contributed by atoms with Crippen molar-refractivity contribution in [1.82, 2.24) is 25.1 Å². The van der Waals surface area contributed by atoms with Gasteiger partial charge in [0.1, 0.15) is 5.69 Å². The van der Waals surface area contributed by atoms with Gasteiger partial charge in [0.2, 0.25) is 6.17 Å². The Morgan fingerprint density at radius 3 is 2.25 bits per heavy atom. The third-order valence-electron chi connectivity index (χ3n) is 6.45. The summed E-state index contributed by atoms with van der Waals surface area (Å²) in [6.07, 6.45) is -3.55. The molecule has 4 heterocycles. The molecule has 1 aliphatic rings. The van der Waals surface area contributed by atoms with Crippen LogP contribution in [0.1, 0.15) is 29.4 Å². The van der Waals surface area contributed by atoms with Crippen molar-refractivity contribution in [2.75, 3.05) is 10.6 Å². The first kappa shape index (κ1) is 28.5. The lowest BCUT2D eigenvalue weighted by molar-refractivity contribution is -0.137. The van der Waals surface area contributed by atoms with Gasteiger partial charge < -0.3 is 15.1 Å². The van der Waals surface area contributed by atoms with Crippen molar-refractivity contribution in [3.63, 3.8) is 0 Å². The van der Waals surface area contributed by atoms with Crippen molar-refractivity contribution in [2.24, 2.45) is 4.99 Å². The normalized spacial score (nSPS) is 15.2. The molecule has 0 aliphatic carbocycles. The summed E-state index contributed by atoms with van der Waals surface area (Å²) in [6, 6.07) is 16.7. The first-order valence-corrected chi connectivity index (χ1v) is 12.9. The van der Waals surface area contributed by atoms with Gasteiger partial charge in [-0.15, -0.1) is 5.10 Å². The van der Waals surface area contributed by atoms with E-state index in [1.807, 2.05) is 42.5 Å². The lowest BCUT2D eigenvalue weighted by Gasteiger charge is -2.12. The number of amides is 1. The number of benzene rings is 2. The fourth-order valence-corrected chi connectivity index (χ4v) is 4.38. The Hall–Kier alpha value is -5.60. The highest BCUT2D eigenvalue weighted by atomic mass is 19.4. The minimum atomic E-state index is -4.77. The number of halogens is 5. The number of anilines is 2. The Kier molecular flexibility index (Phi) is 7.07. The second kappa shape index (κ2) is 10.9. The van der Waals surface area contributed by atoms with Gasteiger partial charge in [-0.1, -0.05) is 53.6 Å². The van der Waals surface area contributed by atoms with Crippen LogP contribution in [0.2, 0.25) is 0 Å². The molecule has 0 saturated heterocycles. The molecule has 0 radical (unpaired) electrons. The van der Waals surface area contributed by atoms with Gasteiger partial charge in [-0.2, -0.15) is 22.0 Å². The second-order valence-corrected chi connectivity index (χ2v) is 9.64. The van der Waals surface area contributed by atoms with E-state index in [1.165, 1.54) is 0 Å². The van der Waals surface area contributed by atoms with Gasteiger partial charge in [-0.3, -0.25) is 4.79 Å². The van der Waals surface area contributed by atoms with Crippen molar-refractivity contribution >= 4 is 23.3 Å².